The molecule has 4 rings (SSSR count). The van der Waals surface area contributed by atoms with Crippen LogP contribution in [0.15, 0.2) is 66.7 Å². The molecule has 0 aliphatic heterocycles. The van der Waals surface area contributed by atoms with Gasteiger partial charge in [0.2, 0.25) is 0 Å². The summed E-state index contributed by atoms with van der Waals surface area (Å²) in [5.74, 6) is -0.221. The van der Waals surface area contributed by atoms with Crippen LogP contribution in [0.25, 0.3) is 0 Å². The van der Waals surface area contributed by atoms with Gasteiger partial charge in [0.25, 0.3) is 0 Å². The van der Waals surface area contributed by atoms with Crippen molar-refractivity contribution in [3.8, 4) is 0 Å². The molecule has 0 heterocycles. The summed E-state index contributed by atoms with van der Waals surface area (Å²) >= 11 is 0. The van der Waals surface area contributed by atoms with E-state index in [9.17, 15) is 9.59 Å². The highest BCUT2D eigenvalue weighted by Gasteiger charge is 2.31. The van der Waals surface area contributed by atoms with Crippen molar-refractivity contribution in [1.29, 1.82) is 0 Å². The van der Waals surface area contributed by atoms with Gasteiger partial charge in [0.05, 0.1) is 11.3 Å². The van der Waals surface area contributed by atoms with E-state index in [0.29, 0.717) is 27.9 Å². The molecule has 0 spiro atoms. The number of ketones is 2. The third kappa shape index (κ3) is 2.95. The Kier molecular flexibility index (Phi) is 3.96. The molecule has 0 radical (unpaired) electrons. The molecular formula is C24H21NO2. The van der Waals surface area contributed by atoms with Gasteiger partial charge in [-0.2, -0.15) is 0 Å². The zero-order valence-electron chi connectivity index (χ0n) is 15.7. The van der Waals surface area contributed by atoms with Crippen LogP contribution in [0.5, 0.6) is 0 Å². The van der Waals surface area contributed by atoms with Crippen LogP contribution in [0, 0.1) is 0 Å². The maximum absolute atomic E-state index is 13.1. The lowest BCUT2D eigenvalue weighted by Crippen LogP contribution is -2.22. The summed E-state index contributed by atoms with van der Waals surface area (Å²) in [6, 6.07) is 20.5. The van der Waals surface area contributed by atoms with Crippen molar-refractivity contribution in [3.63, 3.8) is 0 Å². The number of carbonyl (C=O) groups excluding carboxylic acids is 2. The van der Waals surface area contributed by atoms with Crippen LogP contribution >= 0.6 is 0 Å². The lowest BCUT2D eigenvalue weighted by Gasteiger charge is -2.22. The minimum absolute atomic E-state index is 0.0799. The van der Waals surface area contributed by atoms with Crippen LogP contribution in [-0.4, -0.2) is 11.6 Å². The molecule has 3 aromatic rings. The molecule has 0 atom stereocenters. The first-order chi connectivity index (χ1) is 12.9. The molecule has 1 N–H and O–H groups in total. The molecule has 3 heteroatoms. The molecule has 3 aromatic carbocycles. The molecule has 1 aliphatic rings. The van der Waals surface area contributed by atoms with Gasteiger partial charge in [0.15, 0.2) is 11.6 Å². The minimum atomic E-state index is -0.116. The Morgan fingerprint density at radius 3 is 1.89 bits per heavy atom. The summed E-state index contributed by atoms with van der Waals surface area (Å²) in [5, 5.41) is 3.32. The van der Waals surface area contributed by atoms with Gasteiger partial charge in [-0.05, 0) is 29.2 Å². The second kappa shape index (κ2) is 6.20. The van der Waals surface area contributed by atoms with Crippen molar-refractivity contribution in [3.05, 3.63) is 94.5 Å². The van der Waals surface area contributed by atoms with Gasteiger partial charge >= 0.3 is 0 Å². The maximum Gasteiger partial charge on any atom is 0.196 e. The summed E-state index contributed by atoms with van der Waals surface area (Å²) < 4.78 is 0. The van der Waals surface area contributed by atoms with Gasteiger partial charge in [-0.15, -0.1) is 0 Å². The van der Waals surface area contributed by atoms with Crippen molar-refractivity contribution in [2.24, 2.45) is 0 Å². The molecule has 0 saturated carbocycles. The van der Waals surface area contributed by atoms with Gasteiger partial charge in [-0.3, -0.25) is 9.59 Å². The van der Waals surface area contributed by atoms with Crippen LogP contribution in [0.3, 0.4) is 0 Å². The van der Waals surface area contributed by atoms with Crippen LogP contribution in [-0.2, 0) is 5.41 Å². The highest BCUT2D eigenvalue weighted by Crippen LogP contribution is 2.33. The first kappa shape index (κ1) is 17.2. The lowest BCUT2D eigenvalue weighted by molar-refractivity contribution is 0.0979. The van der Waals surface area contributed by atoms with Crippen molar-refractivity contribution in [2.45, 2.75) is 26.2 Å². The maximum atomic E-state index is 13.1. The fourth-order valence-corrected chi connectivity index (χ4v) is 3.46. The van der Waals surface area contributed by atoms with Gasteiger partial charge < -0.3 is 5.32 Å². The Bertz CT molecular complexity index is 1060. The molecule has 0 fully saturated rings. The summed E-state index contributed by atoms with van der Waals surface area (Å²) in [7, 11) is 0. The first-order valence-corrected chi connectivity index (χ1v) is 9.05. The number of nitrogens with one attached hydrogen (secondary N) is 1. The first-order valence-electron chi connectivity index (χ1n) is 9.05. The molecule has 1 aliphatic carbocycles. The molecule has 0 aromatic heterocycles. The van der Waals surface area contributed by atoms with Crippen LogP contribution in [0.4, 0.5) is 11.4 Å². The molecule has 0 amide bonds. The van der Waals surface area contributed by atoms with Crippen molar-refractivity contribution >= 4 is 22.9 Å². The van der Waals surface area contributed by atoms with E-state index in [1.165, 1.54) is 5.56 Å². The molecule has 0 saturated heterocycles. The Hall–Kier alpha value is -3.20. The molecule has 0 bridgehead atoms. The predicted molar refractivity (Wildman–Crippen MR) is 108 cm³/mol. The number of hydrogen-bond donors (Lipinski definition) is 1. The second-order valence-corrected chi connectivity index (χ2v) is 7.88. The van der Waals surface area contributed by atoms with Crippen LogP contribution in [0.1, 0.15) is 58.2 Å². The standard InChI is InChI=1S/C24H21NO2/c1-24(2,3)15-11-13-16(14-12-15)25-20-10-6-9-19-21(20)23(27)18-8-5-4-7-17(18)22(19)26/h4-14,25H,1-3H3. The average molecular weight is 355 g/mol. The monoisotopic (exact) mass is 355 g/mol. The molecular weight excluding hydrogens is 334 g/mol. The number of fused-ring (bicyclic) bond motifs is 2. The van der Waals surface area contributed by atoms with Crippen molar-refractivity contribution in [1.82, 2.24) is 0 Å². The Labute approximate surface area is 159 Å². The smallest absolute Gasteiger partial charge is 0.196 e. The second-order valence-electron chi connectivity index (χ2n) is 7.88. The minimum Gasteiger partial charge on any atom is -0.355 e. The lowest BCUT2D eigenvalue weighted by atomic mass is 9.83. The highest BCUT2D eigenvalue weighted by molar-refractivity contribution is 6.30. The zero-order valence-corrected chi connectivity index (χ0v) is 15.7. The van der Waals surface area contributed by atoms with E-state index in [-0.39, 0.29) is 17.0 Å². The van der Waals surface area contributed by atoms with Crippen LogP contribution in [0.2, 0.25) is 0 Å². The van der Waals surface area contributed by atoms with E-state index in [2.05, 4.69) is 38.2 Å². The topological polar surface area (TPSA) is 46.2 Å². The summed E-state index contributed by atoms with van der Waals surface area (Å²) in [6.07, 6.45) is 0. The van der Waals surface area contributed by atoms with E-state index < -0.39 is 0 Å². The van der Waals surface area contributed by atoms with E-state index in [4.69, 9.17) is 0 Å². The summed E-state index contributed by atoms with van der Waals surface area (Å²) in [4.78, 5) is 25.9. The fraction of sp³-hybridized carbons (Fsp3) is 0.167. The predicted octanol–water partition coefficient (Wildman–Crippen LogP) is 5.50. The van der Waals surface area contributed by atoms with E-state index >= 15 is 0 Å². The Balaban J connectivity index is 1.74. The quantitative estimate of drug-likeness (QED) is 0.516. The number of carbonyl (C=O) groups is 2. The van der Waals surface area contributed by atoms with Gasteiger partial charge in [-0.25, -0.2) is 0 Å². The molecule has 3 nitrogen and oxygen atoms in total. The van der Waals surface area contributed by atoms with E-state index in [1.54, 1.807) is 30.3 Å². The molecule has 134 valence electrons. The van der Waals surface area contributed by atoms with Crippen molar-refractivity contribution < 1.29 is 9.59 Å². The van der Waals surface area contributed by atoms with Gasteiger partial charge in [0.1, 0.15) is 0 Å². The van der Waals surface area contributed by atoms with Gasteiger partial charge in [0, 0.05) is 22.4 Å². The van der Waals surface area contributed by atoms with Crippen LogP contribution < -0.4 is 5.32 Å². The number of benzene rings is 3. The highest BCUT2D eigenvalue weighted by atomic mass is 16.1. The van der Waals surface area contributed by atoms with Gasteiger partial charge in [-0.1, -0.05) is 69.3 Å². The fourth-order valence-electron chi connectivity index (χ4n) is 3.46. The number of hydrogen-bond acceptors (Lipinski definition) is 3. The largest absolute Gasteiger partial charge is 0.355 e. The van der Waals surface area contributed by atoms with E-state index in [0.717, 1.165) is 5.69 Å². The van der Waals surface area contributed by atoms with Crippen molar-refractivity contribution in [2.75, 3.05) is 5.32 Å². The summed E-state index contributed by atoms with van der Waals surface area (Å²) in [6.45, 7) is 6.51. The average Bonchev–Trinajstić information content (AvgIpc) is 2.66. The molecule has 0 unspecified atom stereocenters. The summed E-state index contributed by atoms with van der Waals surface area (Å²) in [5.41, 5.74) is 4.70. The van der Waals surface area contributed by atoms with E-state index in [1.807, 2.05) is 24.3 Å². The Morgan fingerprint density at radius 1 is 0.667 bits per heavy atom. The third-order valence-corrected chi connectivity index (χ3v) is 4.98. The zero-order chi connectivity index (χ0) is 19.2. The number of anilines is 2. The number of rotatable bonds is 2. The SMILES string of the molecule is CC(C)(C)c1ccc(Nc2cccc3c2C(=O)c2ccccc2C3=O)cc1. The third-order valence-electron chi connectivity index (χ3n) is 4.98. The molecule has 27 heavy (non-hydrogen) atoms. The normalized spacial score (nSPS) is 13.1. The Morgan fingerprint density at radius 2 is 1.26 bits per heavy atom.